The Bertz CT molecular complexity index is 1430. The molecule has 2 N–H and O–H groups in total. The van der Waals surface area contributed by atoms with E-state index in [0.29, 0.717) is 23.7 Å². The van der Waals surface area contributed by atoms with Gasteiger partial charge in [-0.3, -0.25) is 4.79 Å². The third kappa shape index (κ3) is 4.88. The van der Waals surface area contributed by atoms with Crippen LogP contribution in [0, 0.1) is 18.8 Å². The Kier molecular flexibility index (Phi) is 6.83. The highest BCUT2D eigenvalue weighted by Gasteiger charge is 2.28. The number of rotatable bonds is 8. The summed E-state index contributed by atoms with van der Waals surface area (Å²) < 4.78 is 13.9. The Morgan fingerprint density at radius 1 is 1.11 bits per heavy atom. The molecule has 36 heavy (non-hydrogen) atoms. The highest BCUT2D eigenvalue weighted by Crippen LogP contribution is 2.44. The van der Waals surface area contributed by atoms with Gasteiger partial charge in [-0.2, -0.15) is 4.39 Å². The molecule has 0 spiro atoms. The lowest BCUT2D eigenvalue weighted by molar-refractivity contribution is 0.458. The fourth-order valence-electron chi connectivity index (χ4n) is 4.48. The number of nitrogens with zero attached hydrogens (tertiary/aromatic N) is 2. The van der Waals surface area contributed by atoms with E-state index in [4.69, 9.17) is 0 Å². The van der Waals surface area contributed by atoms with Crippen LogP contribution < -0.4 is 10.5 Å². The van der Waals surface area contributed by atoms with Crippen LogP contribution in [0.2, 0.25) is 0 Å². The number of nitrogens with one attached hydrogen (secondary N) is 1. The monoisotopic (exact) mass is 501 g/mol. The molecule has 4 aromatic rings. The molecular weight excluding hydrogens is 473 g/mol. The third-order valence-corrected chi connectivity index (χ3v) is 7.66. The Balaban J connectivity index is 1.52. The fourth-order valence-corrected chi connectivity index (χ4v) is 5.32. The molecule has 1 fully saturated rings. The Hall–Kier alpha value is -3.58. The zero-order valence-corrected chi connectivity index (χ0v) is 21.1. The second-order valence-corrected chi connectivity index (χ2v) is 10.2. The van der Waals surface area contributed by atoms with Crippen LogP contribution in [-0.2, 0) is 6.42 Å². The van der Waals surface area contributed by atoms with Gasteiger partial charge < -0.3 is 15.0 Å². The van der Waals surface area contributed by atoms with Gasteiger partial charge in [0.2, 0.25) is 5.95 Å². The molecule has 1 aliphatic rings. The van der Waals surface area contributed by atoms with Gasteiger partial charge in [-0.25, -0.2) is 4.98 Å². The van der Waals surface area contributed by atoms with Gasteiger partial charge in [-0.1, -0.05) is 42.1 Å². The van der Waals surface area contributed by atoms with Crippen LogP contribution in [-0.4, -0.2) is 21.6 Å². The molecule has 0 bridgehead atoms. The summed E-state index contributed by atoms with van der Waals surface area (Å²) in [6.45, 7) is 4.38. The highest BCUT2D eigenvalue weighted by molar-refractivity contribution is 7.99. The molecule has 0 unspecified atom stereocenters. The maximum absolute atomic E-state index is 13.9. The molecule has 184 valence electrons. The van der Waals surface area contributed by atoms with Crippen molar-refractivity contribution in [3.63, 3.8) is 0 Å². The summed E-state index contributed by atoms with van der Waals surface area (Å²) in [5.74, 6) is 0.0576. The van der Waals surface area contributed by atoms with E-state index in [0.717, 1.165) is 46.7 Å². The van der Waals surface area contributed by atoms with Crippen LogP contribution in [0.25, 0.3) is 11.1 Å². The zero-order chi connectivity index (χ0) is 25.2. The van der Waals surface area contributed by atoms with Gasteiger partial charge in [0.1, 0.15) is 10.6 Å². The molecule has 1 saturated carbocycles. The molecule has 5 nitrogen and oxygen atoms in total. The second-order valence-electron chi connectivity index (χ2n) is 9.09. The highest BCUT2D eigenvalue weighted by atomic mass is 32.2. The van der Waals surface area contributed by atoms with E-state index in [-0.39, 0.29) is 16.2 Å². The van der Waals surface area contributed by atoms with Crippen molar-refractivity contribution in [3.8, 4) is 16.9 Å². The van der Waals surface area contributed by atoms with Crippen LogP contribution in [0.4, 0.5) is 15.8 Å². The predicted molar refractivity (Wildman–Crippen MR) is 143 cm³/mol. The maximum Gasteiger partial charge on any atom is 0.266 e. The SMILES string of the molecule is CCN(c1ccccc1)c1c(CC2CC2)[nH]c(=O)c(Sc2ccc(-c3ccnc(F)c3C)cc2)c1O. The topological polar surface area (TPSA) is 69.2 Å². The number of aromatic amines is 1. The first kappa shape index (κ1) is 24.1. The molecule has 0 aliphatic heterocycles. The van der Waals surface area contributed by atoms with Gasteiger partial charge in [0.15, 0.2) is 5.75 Å². The minimum Gasteiger partial charge on any atom is -0.504 e. The first-order valence-electron chi connectivity index (χ1n) is 12.2. The normalized spacial score (nSPS) is 13.1. The zero-order valence-electron chi connectivity index (χ0n) is 20.3. The Labute approximate surface area is 214 Å². The number of hydrogen-bond donors (Lipinski definition) is 2. The number of benzene rings is 2. The smallest absolute Gasteiger partial charge is 0.266 e. The van der Waals surface area contributed by atoms with Crippen LogP contribution >= 0.6 is 11.8 Å². The molecule has 2 aromatic heterocycles. The molecule has 2 aromatic carbocycles. The first-order chi connectivity index (χ1) is 17.5. The van der Waals surface area contributed by atoms with Crippen LogP contribution in [0.5, 0.6) is 5.75 Å². The Morgan fingerprint density at radius 2 is 1.83 bits per heavy atom. The lowest BCUT2D eigenvalue weighted by atomic mass is 10.0. The lowest BCUT2D eigenvalue weighted by Gasteiger charge is -2.27. The Morgan fingerprint density at radius 3 is 2.50 bits per heavy atom. The maximum atomic E-state index is 13.9. The summed E-state index contributed by atoms with van der Waals surface area (Å²) in [4.78, 5) is 23.0. The van der Waals surface area contributed by atoms with Crippen molar-refractivity contribution in [2.24, 2.45) is 5.92 Å². The quantitative estimate of drug-likeness (QED) is 0.258. The fraction of sp³-hybridized carbons (Fsp3) is 0.241. The summed E-state index contributed by atoms with van der Waals surface area (Å²) >= 11 is 1.23. The molecule has 0 amide bonds. The van der Waals surface area contributed by atoms with Crippen molar-refractivity contribution in [2.45, 2.75) is 42.9 Å². The van der Waals surface area contributed by atoms with E-state index < -0.39 is 5.95 Å². The standard InChI is InChI=1S/C29H28FN3O2S/c1-3-33(21-7-5-4-6-8-21)25-24(17-19-9-10-19)32-29(35)27(26(25)34)36-22-13-11-20(12-14-22)23-15-16-31-28(30)18(23)2/h4-8,11-16,19H,3,9-10,17H2,1-2H3,(H2,32,34,35). The minimum absolute atomic E-state index is 0.00114. The van der Waals surface area contributed by atoms with Gasteiger partial charge in [0, 0.05) is 34.6 Å². The summed E-state index contributed by atoms with van der Waals surface area (Å²) in [7, 11) is 0. The third-order valence-electron chi connectivity index (χ3n) is 6.57. The molecule has 0 radical (unpaired) electrons. The number of aromatic nitrogens is 2. The van der Waals surface area contributed by atoms with Gasteiger partial charge >= 0.3 is 0 Å². The summed E-state index contributed by atoms with van der Waals surface area (Å²) in [6, 6.07) is 19.2. The molecular formula is C29H28FN3O2S. The first-order valence-corrected chi connectivity index (χ1v) is 13.0. The van der Waals surface area contributed by atoms with E-state index in [1.807, 2.05) is 61.5 Å². The van der Waals surface area contributed by atoms with Crippen molar-refractivity contribution in [1.82, 2.24) is 9.97 Å². The number of hydrogen-bond acceptors (Lipinski definition) is 5. The van der Waals surface area contributed by atoms with E-state index in [9.17, 15) is 14.3 Å². The average Bonchev–Trinajstić information content (AvgIpc) is 3.71. The number of pyridine rings is 2. The van der Waals surface area contributed by atoms with Crippen LogP contribution in [0.15, 0.2) is 81.4 Å². The van der Waals surface area contributed by atoms with Gasteiger partial charge in [-0.05, 0) is 80.5 Å². The number of H-pyrrole nitrogens is 1. The molecule has 2 heterocycles. The molecule has 1 aliphatic carbocycles. The van der Waals surface area contributed by atoms with E-state index in [1.54, 1.807) is 13.0 Å². The molecule has 0 saturated heterocycles. The largest absolute Gasteiger partial charge is 0.504 e. The summed E-state index contributed by atoms with van der Waals surface area (Å²) in [5.41, 5.74) is 4.23. The summed E-state index contributed by atoms with van der Waals surface area (Å²) in [6.07, 6.45) is 4.48. The number of anilines is 2. The lowest BCUT2D eigenvalue weighted by Crippen LogP contribution is -2.22. The van der Waals surface area contributed by atoms with Crippen LogP contribution in [0.1, 0.15) is 31.0 Å². The minimum atomic E-state index is -0.486. The predicted octanol–water partition coefficient (Wildman–Crippen LogP) is 6.85. The van der Waals surface area contributed by atoms with Crippen molar-refractivity contribution >= 4 is 23.1 Å². The van der Waals surface area contributed by atoms with E-state index in [1.165, 1.54) is 18.0 Å². The second kappa shape index (κ2) is 10.2. The van der Waals surface area contributed by atoms with Gasteiger partial charge in [0.25, 0.3) is 5.56 Å². The van der Waals surface area contributed by atoms with E-state index in [2.05, 4.69) is 14.9 Å². The van der Waals surface area contributed by atoms with Crippen molar-refractivity contribution in [1.29, 1.82) is 0 Å². The number of para-hydroxylation sites is 1. The van der Waals surface area contributed by atoms with Gasteiger partial charge in [-0.15, -0.1) is 0 Å². The van der Waals surface area contributed by atoms with Gasteiger partial charge in [0.05, 0.1) is 0 Å². The molecule has 5 rings (SSSR count). The van der Waals surface area contributed by atoms with Crippen molar-refractivity contribution in [3.05, 3.63) is 94.4 Å². The number of halogens is 1. The average molecular weight is 502 g/mol. The summed E-state index contributed by atoms with van der Waals surface area (Å²) in [5, 5.41) is 11.5. The van der Waals surface area contributed by atoms with Crippen molar-refractivity contribution in [2.75, 3.05) is 11.4 Å². The molecule has 0 atom stereocenters. The van der Waals surface area contributed by atoms with Crippen LogP contribution in [0.3, 0.4) is 0 Å². The van der Waals surface area contributed by atoms with Crippen molar-refractivity contribution < 1.29 is 9.50 Å². The molecule has 7 heteroatoms. The van der Waals surface area contributed by atoms with E-state index >= 15 is 0 Å². The number of aromatic hydroxyl groups is 1.